The molecule has 276 valence electrons. The SMILES string of the molecule is Cc1cn(C(=O)c2c(-c3c(Cl)cc(Cl)cc3Cl)noc2C2(N(C)S(=O)(=O)c3ccccc3[N+](=O)[O-])CCC2)c2cccc(/C=C/C(=O)OC(C)(C)C)c12. The summed E-state index contributed by atoms with van der Waals surface area (Å²) in [7, 11) is -3.26. The minimum atomic E-state index is -4.56. The number of halogens is 3. The number of hydrogen-bond donors (Lipinski definition) is 0. The lowest BCUT2D eigenvalue weighted by molar-refractivity contribution is -0.387. The molecule has 0 aliphatic heterocycles. The van der Waals surface area contributed by atoms with E-state index in [1.807, 2.05) is 0 Å². The zero-order valence-corrected chi connectivity index (χ0v) is 32.2. The highest BCUT2D eigenvalue weighted by atomic mass is 35.5. The van der Waals surface area contributed by atoms with E-state index in [1.165, 1.54) is 42.0 Å². The van der Waals surface area contributed by atoms with Gasteiger partial charge in [-0.3, -0.25) is 19.5 Å². The van der Waals surface area contributed by atoms with Crippen LogP contribution in [-0.4, -0.2) is 51.9 Å². The molecule has 2 heterocycles. The maximum atomic E-state index is 15.0. The minimum absolute atomic E-state index is 0.0556. The summed E-state index contributed by atoms with van der Waals surface area (Å²) in [5.74, 6) is -1.27. The molecule has 0 unspecified atom stereocenters. The first-order valence-electron chi connectivity index (χ1n) is 16.3. The first-order chi connectivity index (χ1) is 24.9. The molecule has 16 heteroatoms. The number of aromatic nitrogens is 2. The number of sulfonamides is 1. The molecule has 0 amide bonds. The van der Waals surface area contributed by atoms with E-state index in [4.69, 9.17) is 44.1 Å². The smallest absolute Gasteiger partial charge is 0.331 e. The minimum Gasteiger partial charge on any atom is -0.457 e. The molecule has 1 aliphatic carbocycles. The molecule has 2 aromatic heterocycles. The fourth-order valence-corrected chi connectivity index (χ4v) is 9.26. The van der Waals surface area contributed by atoms with E-state index in [9.17, 15) is 23.3 Å². The van der Waals surface area contributed by atoms with Crippen LogP contribution in [0.2, 0.25) is 15.1 Å². The van der Waals surface area contributed by atoms with Gasteiger partial charge in [-0.05, 0) is 88.4 Å². The molecular weight excluding hydrogens is 767 g/mol. The molecule has 0 saturated heterocycles. The van der Waals surface area contributed by atoms with Crippen molar-refractivity contribution in [1.82, 2.24) is 14.0 Å². The lowest BCUT2D eigenvalue weighted by Crippen LogP contribution is -2.52. The van der Waals surface area contributed by atoms with Crippen molar-refractivity contribution in [2.75, 3.05) is 7.05 Å². The fraction of sp³-hybridized carbons (Fsp3) is 0.270. The van der Waals surface area contributed by atoms with Crippen LogP contribution in [-0.2, 0) is 25.1 Å². The highest BCUT2D eigenvalue weighted by Gasteiger charge is 2.54. The van der Waals surface area contributed by atoms with Crippen LogP contribution in [0.4, 0.5) is 5.69 Å². The van der Waals surface area contributed by atoms with E-state index < -0.39 is 48.5 Å². The first kappa shape index (κ1) is 38.2. The Labute approximate surface area is 320 Å². The quantitative estimate of drug-likeness (QED) is 0.0614. The number of carbonyl (C=O) groups is 2. The van der Waals surface area contributed by atoms with Gasteiger partial charge in [-0.25, -0.2) is 13.2 Å². The topological polar surface area (TPSA) is 155 Å². The third-order valence-electron chi connectivity index (χ3n) is 9.13. The molecular formula is C37H33Cl3N4O8S. The summed E-state index contributed by atoms with van der Waals surface area (Å²) >= 11 is 19.5. The fourth-order valence-electron chi connectivity index (χ4n) is 6.58. The molecule has 0 spiro atoms. The Hall–Kier alpha value is -4.53. The predicted molar refractivity (Wildman–Crippen MR) is 202 cm³/mol. The van der Waals surface area contributed by atoms with Crippen LogP contribution in [0.3, 0.4) is 0 Å². The van der Waals surface area contributed by atoms with Gasteiger partial charge in [0.1, 0.15) is 16.9 Å². The van der Waals surface area contributed by atoms with Crippen molar-refractivity contribution >= 4 is 79.4 Å². The summed E-state index contributed by atoms with van der Waals surface area (Å²) in [5.41, 5.74) is -1.03. The second kappa shape index (κ2) is 14.0. The van der Waals surface area contributed by atoms with E-state index in [1.54, 1.807) is 58.2 Å². The number of fused-ring (bicyclic) bond motifs is 1. The lowest BCUT2D eigenvalue weighted by Gasteiger charge is -2.45. The maximum Gasteiger partial charge on any atom is 0.331 e. The number of nitro groups is 1. The highest BCUT2D eigenvalue weighted by Crippen LogP contribution is 2.52. The van der Waals surface area contributed by atoms with Crippen molar-refractivity contribution in [1.29, 1.82) is 0 Å². The number of para-hydroxylation sites is 1. The number of aryl methyl sites for hydroxylation is 1. The van der Waals surface area contributed by atoms with Crippen molar-refractivity contribution in [3.8, 4) is 11.3 Å². The Kier molecular flexibility index (Phi) is 10.1. The van der Waals surface area contributed by atoms with Crippen LogP contribution in [0.25, 0.3) is 28.2 Å². The Morgan fingerprint density at radius 3 is 2.34 bits per heavy atom. The average molecular weight is 800 g/mol. The largest absolute Gasteiger partial charge is 0.457 e. The number of hydrogen-bond acceptors (Lipinski definition) is 9. The summed E-state index contributed by atoms with van der Waals surface area (Å²) in [5, 5.41) is 17.2. The number of ether oxygens (including phenoxy) is 1. The molecule has 12 nitrogen and oxygen atoms in total. The van der Waals surface area contributed by atoms with Gasteiger partial charge < -0.3 is 9.26 Å². The molecule has 1 saturated carbocycles. The maximum absolute atomic E-state index is 15.0. The number of esters is 1. The van der Waals surface area contributed by atoms with E-state index >= 15 is 4.79 Å². The molecule has 3 aromatic carbocycles. The number of nitro benzene ring substituents is 1. The summed E-state index contributed by atoms with van der Waals surface area (Å²) in [6, 6.07) is 13.1. The third kappa shape index (κ3) is 6.88. The van der Waals surface area contributed by atoms with Crippen molar-refractivity contribution in [2.24, 2.45) is 0 Å². The van der Waals surface area contributed by atoms with Crippen molar-refractivity contribution in [2.45, 2.75) is 63.0 Å². The van der Waals surface area contributed by atoms with E-state index in [2.05, 4.69) is 5.16 Å². The molecule has 6 rings (SSSR count). The average Bonchev–Trinajstić information content (AvgIpc) is 3.63. The van der Waals surface area contributed by atoms with Gasteiger partial charge in [0.25, 0.3) is 21.6 Å². The third-order valence-corrected chi connectivity index (χ3v) is 11.9. The second-order valence-electron chi connectivity index (χ2n) is 13.7. The van der Waals surface area contributed by atoms with Crippen LogP contribution in [0.5, 0.6) is 0 Å². The molecule has 0 radical (unpaired) electrons. The molecule has 0 N–H and O–H groups in total. The Morgan fingerprint density at radius 1 is 1.08 bits per heavy atom. The number of rotatable bonds is 9. The number of nitrogens with zero attached hydrogens (tertiary/aromatic N) is 4. The highest BCUT2D eigenvalue weighted by molar-refractivity contribution is 7.89. The Morgan fingerprint density at radius 2 is 1.74 bits per heavy atom. The second-order valence-corrected chi connectivity index (χ2v) is 16.8. The van der Waals surface area contributed by atoms with Gasteiger partial charge in [-0.1, -0.05) is 64.2 Å². The monoisotopic (exact) mass is 798 g/mol. The molecule has 0 atom stereocenters. The summed E-state index contributed by atoms with van der Waals surface area (Å²) in [6.07, 6.45) is 5.48. The normalized spacial score (nSPS) is 14.5. The van der Waals surface area contributed by atoms with E-state index in [0.29, 0.717) is 28.5 Å². The van der Waals surface area contributed by atoms with E-state index in [0.717, 1.165) is 16.4 Å². The van der Waals surface area contributed by atoms with Crippen molar-refractivity contribution < 1.29 is 32.2 Å². The standard InChI is InChI=1S/C37H33Cl3N4O8S/c1-21-20-43(27-12-8-10-22(30(21)27)14-15-29(45)51-36(2,3)4)35(46)32-33(31-24(39)18-23(38)19-25(31)40)41-52-34(32)37(16-9-17-37)42(5)53(49,50)28-13-7-6-11-26(28)44(47)48/h6-8,10-15,18-20H,9,16-17H2,1-5H3/b15-14+. The van der Waals surface area contributed by atoms with Crippen LogP contribution in [0, 0.1) is 17.0 Å². The van der Waals surface area contributed by atoms with Crippen LogP contribution in [0.15, 0.2) is 76.3 Å². The Bertz CT molecular complexity index is 2440. The van der Waals surface area contributed by atoms with Gasteiger partial charge in [0.15, 0.2) is 10.7 Å². The molecule has 53 heavy (non-hydrogen) atoms. The number of benzene rings is 3. The van der Waals surface area contributed by atoms with Gasteiger partial charge in [-0.15, -0.1) is 0 Å². The summed E-state index contributed by atoms with van der Waals surface area (Å²) in [6.45, 7) is 7.10. The zero-order valence-electron chi connectivity index (χ0n) is 29.1. The molecule has 1 fully saturated rings. The first-order valence-corrected chi connectivity index (χ1v) is 18.9. The van der Waals surface area contributed by atoms with Crippen LogP contribution in [0.1, 0.15) is 67.3 Å². The molecule has 1 aliphatic rings. The van der Waals surface area contributed by atoms with Crippen molar-refractivity contribution in [3.63, 3.8) is 0 Å². The summed E-state index contributed by atoms with van der Waals surface area (Å²) < 4.78 is 42.2. The van der Waals surface area contributed by atoms with Gasteiger partial charge in [-0.2, -0.15) is 4.31 Å². The van der Waals surface area contributed by atoms with Crippen molar-refractivity contribution in [3.05, 3.63) is 115 Å². The lowest BCUT2D eigenvalue weighted by atomic mass is 9.73. The van der Waals surface area contributed by atoms with Gasteiger partial charge in [0.2, 0.25) is 0 Å². The van der Waals surface area contributed by atoms with Crippen LogP contribution >= 0.6 is 34.8 Å². The van der Waals surface area contributed by atoms with Gasteiger partial charge in [0.05, 0.1) is 26.0 Å². The van der Waals surface area contributed by atoms with E-state index in [-0.39, 0.29) is 50.5 Å². The van der Waals surface area contributed by atoms with Gasteiger partial charge in [0, 0.05) is 41.4 Å². The van der Waals surface area contributed by atoms with Gasteiger partial charge >= 0.3 is 5.97 Å². The zero-order chi connectivity index (χ0) is 38.6. The van der Waals surface area contributed by atoms with Crippen LogP contribution < -0.4 is 0 Å². The summed E-state index contributed by atoms with van der Waals surface area (Å²) in [4.78, 5) is 38.2. The molecule has 0 bridgehead atoms. The Balaban J connectivity index is 1.55. The number of carbonyl (C=O) groups excluding carboxylic acids is 2. The molecule has 5 aromatic rings. The predicted octanol–water partition coefficient (Wildman–Crippen LogP) is 9.22.